The number of ether oxygens (including phenoxy) is 1. The van der Waals surface area contributed by atoms with Crippen LogP contribution in [0.3, 0.4) is 0 Å². The summed E-state index contributed by atoms with van der Waals surface area (Å²) in [7, 11) is 1.36. The summed E-state index contributed by atoms with van der Waals surface area (Å²) in [4.78, 5) is 45.3. The second-order valence-corrected chi connectivity index (χ2v) is 17.7. The number of nitrogens with zero attached hydrogens (tertiary/aromatic N) is 4. The Morgan fingerprint density at radius 1 is 0.788 bits per heavy atom. The Kier molecular flexibility index (Phi) is 12.0. The van der Waals surface area contributed by atoms with Crippen LogP contribution in [-0.2, 0) is 24.7 Å². The van der Waals surface area contributed by atoms with E-state index in [9.17, 15) is 9.59 Å². The minimum Gasteiger partial charge on any atom is -0.469 e. The summed E-state index contributed by atoms with van der Waals surface area (Å²) in [6.45, 7) is 0. The molecule has 8 aromatic rings. The molecule has 2 aliphatic rings. The van der Waals surface area contributed by atoms with Gasteiger partial charge in [0.2, 0.25) is 10.9 Å². The number of rotatable bonds is 14. The largest absolute Gasteiger partial charge is 0.469 e. The van der Waals surface area contributed by atoms with Crippen LogP contribution in [0.15, 0.2) is 197 Å². The number of oxime groups is 1. The van der Waals surface area contributed by atoms with E-state index in [0.717, 1.165) is 27.8 Å². The maximum atomic E-state index is 14.5. The zero-order valence-corrected chi connectivity index (χ0v) is 37.8. The number of hydrogen-bond donors (Lipinski definition) is 2. The number of carbonyl (C=O) groups is 2. The molecule has 11 nitrogen and oxygen atoms in total. The topological polar surface area (TPSA) is 131 Å². The number of carbonyl (C=O) groups excluding carboxylic acids is 2. The highest BCUT2D eigenvalue weighted by atomic mass is 32.2. The molecule has 326 valence electrons. The van der Waals surface area contributed by atoms with Crippen LogP contribution < -0.4 is 10.6 Å². The van der Waals surface area contributed by atoms with Crippen molar-refractivity contribution in [2.75, 3.05) is 18.2 Å². The van der Waals surface area contributed by atoms with E-state index in [1.807, 2.05) is 140 Å². The first-order valence-corrected chi connectivity index (χ1v) is 23.4. The third-order valence-corrected chi connectivity index (χ3v) is 13.8. The van der Waals surface area contributed by atoms with Gasteiger partial charge in [0.05, 0.1) is 5.57 Å². The monoisotopic (exact) mass is 924 g/mol. The summed E-state index contributed by atoms with van der Waals surface area (Å²) in [5.74, 6) is -0.325. The van der Waals surface area contributed by atoms with Crippen molar-refractivity contribution in [2.24, 2.45) is 5.16 Å². The highest BCUT2D eigenvalue weighted by molar-refractivity contribution is 8.00. The lowest BCUT2D eigenvalue weighted by Crippen LogP contribution is -2.71. The van der Waals surface area contributed by atoms with Gasteiger partial charge in [-0.15, -0.1) is 23.1 Å². The summed E-state index contributed by atoms with van der Waals surface area (Å²) < 4.78 is 13.0. The Labute approximate surface area is 394 Å². The van der Waals surface area contributed by atoms with E-state index < -0.39 is 29.0 Å². The van der Waals surface area contributed by atoms with Crippen LogP contribution >= 0.6 is 35.3 Å². The molecule has 2 atom stereocenters. The molecular formula is C52H40N6O5S3. The molecule has 6 aromatic carbocycles. The fourth-order valence-corrected chi connectivity index (χ4v) is 10.8. The minimum absolute atomic E-state index is 0.0889. The van der Waals surface area contributed by atoms with Gasteiger partial charge in [-0.2, -0.15) is 0 Å². The second-order valence-electron chi connectivity index (χ2n) is 15.4. The zero-order valence-electron chi connectivity index (χ0n) is 35.3. The van der Waals surface area contributed by atoms with Crippen molar-refractivity contribution >= 4 is 79.7 Å². The first-order valence-electron chi connectivity index (χ1n) is 21.1. The third-order valence-electron chi connectivity index (χ3n) is 11.5. The predicted octanol–water partition coefficient (Wildman–Crippen LogP) is 9.98. The van der Waals surface area contributed by atoms with Gasteiger partial charge in [0.1, 0.15) is 47.1 Å². The molecule has 2 aromatic heterocycles. The van der Waals surface area contributed by atoms with Crippen LogP contribution in [0, 0.1) is 0 Å². The summed E-state index contributed by atoms with van der Waals surface area (Å²) in [6.07, 6.45) is -0.583. The Hall–Kier alpha value is -7.39. The first kappa shape index (κ1) is 42.6. The fourth-order valence-electron chi connectivity index (χ4n) is 8.41. The van der Waals surface area contributed by atoms with Gasteiger partial charge >= 0.3 is 0 Å². The first-order chi connectivity index (χ1) is 32.4. The SMILES string of the molecule is CO/N=C(/C(=O)NC1C(=O)N2C(C(=S)OC(c3ccccc3)c3ccccc3)=C(c3nc4ccccc4o3)CS[C@H]12)c1csc(NC(c2ccccc2)(c2ccccc2)c2ccccc2)n1. The van der Waals surface area contributed by atoms with E-state index in [4.69, 9.17) is 36.2 Å². The van der Waals surface area contributed by atoms with Crippen molar-refractivity contribution in [1.82, 2.24) is 20.2 Å². The van der Waals surface area contributed by atoms with Gasteiger partial charge in [0.25, 0.3) is 11.8 Å². The number of thiocarbonyl (C=S) groups is 1. The standard InChI is InChI=1S/C52H40N6O5S3/c1-61-57-42(40-32-66-51(54-40)56-52(35-23-11-4-12-24-35,36-25-13-5-14-26-36)37-27-15-6-16-28-37)46(59)55-43-48(60)58-44(38(31-65-49(43)58)47-53-39-29-17-18-30-41(39)62-47)50(64)63-45(33-19-7-2-8-20-33)34-21-9-3-10-22-34/h2-30,32,43,45,49H,31H2,1H3,(H,54,56)(H,55,59)/b57-42+/t43?,49-/m1/s1. The number of aromatic nitrogens is 2. The van der Waals surface area contributed by atoms with Gasteiger partial charge in [-0.3, -0.25) is 14.5 Å². The van der Waals surface area contributed by atoms with E-state index in [2.05, 4.69) is 52.2 Å². The molecule has 0 saturated carbocycles. The number of thioether (sulfide) groups is 1. The molecule has 4 heterocycles. The van der Waals surface area contributed by atoms with E-state index >= 15 is 0 Å². The zero-order chi connectivity index (χ0) is 45.0. The van der Waals surface area contributed by atoms with Gasteiger partial charge in [-0.05, 0) is 52.2 Å². The third kappa shape index (κ3) is 8.03. The van der Waals surface area contributed by atoms with Crippen molar-refractivity contribution in [3.63, 3.8) is 0 Å². The second kappa shape index (κ2) is 18.6. The lowest BCUT2D eigenvalue weighted by molar-refractivity contribution is -0.144. The molecule has 0 bridgehead atoms. The number of amides is 2. The molecule has 10 rings (SSSR count). The van der Waals surface area contributed by atoms with E-state index in [-0.39, 0.29) is 22.4 Å². The molecule has 0 spiro atoms. The normalized spacial score (nSPS) is 16.1. The molecule has 66 heavy (non-hydrogen) atoms. The smallest absolute Gasteiger partial charge is 0.276 e. The van der Waals surface area contributed by atoms with Crippen LogP contribution in [0.4, 0.5) is 5.13 Å². The van der Waals surface area contributed by atoms with Crippen LogP contribution in [0.1, 0.15) is 45.5 Å². The van der Waals surface area contributed by atoms with Crippen molar-refractivity contribution in [2.45, 2.75) is 23.1 Å². The maximum Gasteiger partial charge on any atom is 0.276 e. The quantitative estimate of drug-likeness (QED) is 0.0357. The number of para-hydroxylation sites is 2. The van der Waals surface area contributed by atoms with Crippen LogP contribution in [-0.4, -0.2) is 61.7 Å². The van der Waals surface area contributed by atoms with Crippen molar-refractivity contribution in [3.05, 3.63) is 226 Å². The number of fused-ring (bicyclic) bond motifs is 2. The van der Waals surface area contributed by atoms with Crippen molar-refractivity contribution in [1.29, 1.82) is 0 Å². The summed E-state index contributed by atoms with van der Waals surface area (Å²) >= 11 is 8.92. The Bertz CT molecular complexity index is 2920. The van der Waals surface area contributed by atoms with Gasteiger partial charge in [0.15, 0.2) is 16.4 Å². The Balaban J connectivity index is 0.946. The molecule has 2 aliphatic heterocycles. The number of anilines is 1. The summed E-state index contributed by atoms with van der Waals surface area (Å²) in [6, 6.07) is 56.6. The molecule has 2 N–H and O–H groups in total. The predicted molar refractivity (Wildman–Crippen MR) is 263 cm³/mol. The fraction of sp³-hybridized carbons (Fsp3) is 0.115. The average molecular weight is 925 g/mol. The lowest BCUT2D eigenvalue weighted by Gasteiger charge is -2.50. The molecule has 1 saturated heterocycles. The van der Waals surface area contributed by atoms with Gasteiger partial charge in [-0.25, -0.2) is 9.97 Å². The Morgan fingerprint density at radius 2 is 1.33 bits per heavy atom. The molecular weight excluding hydrogens is 885 g/mol. The molecule has 1 unspecified atom stereocenters. The van der Waals surface area contributed by atoms with Crippen LogP contribution in [0.2, 0.25) is 0 Å². The highest BCUT2D eigenvalue weighted by Crippen LogP contribution is 2.45. The van der Waals surface area contributed by atoms with Crippen molar-refractivity contribution in [3.8, 4) is 0 Å². The highest BCUT2D eigenvalue weighted by Gasteiger charge is 2.55. The molecule has 14 heteroatoms. The number of hydrogen-bond acceptors (Lipinski definition) is 12. The van der Waals surface area contributed by atoms with Crippen LogP contribution in [0.5, 0.6) is 0 Å². The number of oxazole rings is 1. The van der Waals surface area contributed by atoms with Gasteiger partial charge in [-0.1, -0.05) is 169 Å². The maximum absolute atomic E-state index is 14.5. The molecule has 1 fully saturated rings. The molecule has 2 amide bonds. The van der Waals surface area contributed by atoms with Crippen LogP contribution in [0.25, 0.3) is 16.7 Å². The Morgan fingerprint density at radius 3 is 1.89 bits per heavy atom. The molecule has 0 radical (unpaired) electrons. The number of benzene rings is 6. The van der Waals surface area contributed by atoms with E-state index in [1.165, 1.54) is 30.2 Å². The van der Waals surface area contributed by atoms with Gasteiger partial charge in [0, 0.05) is 11.1 Å². The van der Waals surface area contributed by atoms with Crippen molar-refractivity contribution < 1.29 is 23.6 Å². The lowest BCUT2D eigenvalue weighted by atomic mass is 9.77. The van der Waals surface area contributed by atoms with Gasteiger partial charge < -0.3 is 24.6 Å². The molecule has 0 aliphatic carbocycles. The summed E-state index contributed by atoms with van der Waals surface area (Å²) in [5.41, 5.74) is 6.32. The average Bonchev–Trinajstić information content (AvgIpc) is 4.04. The summed E-state index contributed by atoms with van der Waals surface area (Å²) in [5, 5.41) is 12.7. The number of nitrogens with one attached hydrogen (secondary N) is 2. The number of thiazole rings is 1. The number of β-lactam (4-membered cyclic amide) rings is 1. The van der Waals surface area contributed by atoms with E-state index in [1.54, 1.807) is 10.3 Å². The van der Waals surface area contributed by atoms with E-state index in [0.29, 0.717) is 39.1 Å². The minimum atomic E-state index is -0.940.